The standard InChI is InChI=1S/C11H9ClO2S/c12-11-6-5-10(15-11)9(13)4-3-8-2-1-7-14-8/h1-2,5-7H,3-4H2. The highest BCUT2D eigenvalue weighted by molar-refractivity contribution is 7.18. The van der Waals surface area contributed by atoms with E-state index in [9.17, 15) is 4.79 Å². The number of aryl methyl sites for hydroxylation is 1. The van der Waals surface area contributed by atoms with Crippen molar-refractivity contribution in [3.05, 3.63) is 45.5 Å². The largest absolute Gasteiger partial charge is 0.469 e. The van der Waals surface area contributed by atoms with Gasteiger partial charge < -0.3 is 4.42 Å². The van der Waals surface area contributed by atoms with E-state index in [1.54, 1.807) is 18.4 Å². The molecule has 0 spiro atoms. The first-order valence-electron chi connectivity index (χ1n) is 4.56. The van der Waals surface area contributed by atoms with Gasteiger partial charge in [-0.2, -0.15) is 0 Å². The predicted molar refractivity (Wildman–Crippen MR) is 60.7 cm³/mol. The molecule has 2 aromatic rings. The number of rotatable bonds is 4. The number of furan rings is 1. The van der Waals surface area contributed by atoms with E-state index in [4.69, 9.17) is 16.0 Å². The molecule has 0 radical (unpaired) electrons. The van der Waals surface area contributed by atoms with Gasteiger partial charge in [-0.3, -0.25) is 4.79 Å². The van der Waals surface area contributed by atoms with Crippen LogP contribution < -0.4 is 0 Å². The molecule has 0 aliphatic rings. The van der Waals surface area contributed by atoms with Gasteiger partial charge >= 0.3 is 0 Å². The van der Waals surface area contributed by atoms with Crippen molar-refractivity contribution in [3.8, 4) is 0 Å². The van der Waals surface area contributed by atoms with Crippen LogP contribution in [0.1, 0.15) is 21.9 Å². The number of thiophene rings is 1. The fourth-order valence-corrected chi connectivity index (χ4v) is 2.29. The molecule has 0 saturated carbocycles. The molecule has 4 heteroatoms. The number of hydrogen-bond donors (Lipinski definition) is 0. The normalized spacial score (nSPS) is 10.5. The van der Waals surface area contributed by atoms with Gasteiger partial charge in [0.05, 0.1) is 15.5 Å². The molecule has 0 N–H and O–H groups in total. The minimum atomic E-state index is 0.114. The van der Waals surface area contributed by atoms with Gasteiger partial charge in [-0.05, 0) is 24.3 Å². The molecule has 0 aliphatic carbocycles. The van der Waals surface area contributed by atoms with Crippen molar-refractivity contribution in [1.82, 2.24) is 0 Å². The SMILES string of the molecule is O=C(CCc1ccco1)c1ccc(Cl)s1. The number of carbonyl (C=O) groups is 1. The maximum absolute atomic E-state index is 11.7. The highest BCUT2D eigenvalue weighted by Crippen LogP contribution is 2.23. The van der Waals surface area contributed by atoms with E-state index < -0.39 is 0 Å². The van der Waals surface area contributed by atoms with Crippen LogP contribution in [-0.4, -0.2) is 5.78 Å². The van der Waals surface area contributed by atoms with Gasteiger partial charge in [0.15, 0.2) is 5.78 Å². The second-order valence-corrected chi connectivity index (χ2v) is 4.82. The van der Waals surface area contributed by atoms with Gasteiger partial charge in [-0.25, -0.2) is 0 Å². The third-order valence-electron chi connectivity index (χ3n) is 2.03. The highest BCUT2D eigenvalue weighted by Gasteiger charge is 2.09. The van der Waals surface area contributed by atoms with E-state index in [2.05, 4.69) is 0 Å². The first-order chi connectivity index (χ1) is 7.25. The van der Waals surface area contributed by atoms with Crippen LogP contribution in [0, 0.1) is 0 Å². The maximum atomic E-state index is 11.7. The Hall–Kier alpha value is -1.06. The van der Waals surface area contributed by atoms with Crippen LogP contribution >= 0.6 is 22.9 Å². The monoisotopic (exact) mass is 240 g/mol. The molecule has 0 atom stereocenters. The molecular weight excluding hydrogens is 232 g/mol. The summed E-state index contributed by atoms with van der Waals surface area (Å²) < 4.78 is 5.80. The smallest absolute Gasteiger partial charge is 0.173 e. The first-order valence-corrected chi connectivity index (χ1v) is 5.76. The summed E-state index contributed by atoms with van der Waals surface area (Å²) in [5.74, 6) is 0.953. The third kappa shape index (κ3) is 2.70. The molecule has 2 nitrogen and oxygen atoms in total. The number of Topliss-reactive ketones (excluding diaryl/α,β-unsaturated/α-hetero) is 1. The Kier molecular flexibility index (Phi) is 3.23. The zero-order valence-electron chi connectivity index (χ0n) is 7.90. The van der Waals surface area contributed by atoms with Crippen molar-refractivity contribution >= 4 is 28.7 Å². The van der Waals surface area contributed by atoms with Gasteiger partial charge in [0.1, 0.15) is 5.76 Å². The van der Waals surface area contributed by atoms with E-state index in [1.165, 1.54) is 11.3 Å². The summed E-state index contributed by atoms with van der Waals surface area (Å²) in [5, 5.41) is 0. The Balaban J connectivity index is 1.93. The van der Waals surface area contributed by atoms with Crippen molar-refractivity contribution in [2.75, 3.05) is 0 Å². The van der Waals surface area contributed by atoms with Crippen molar-refractivity contribution in [2.24, 2.45) is 0 Å². The molecule has 0 aromatic carbocycles. The number of halogens is 1. The van der Waals surface area contributed by atoms with Crippen LogP contribution in [0.3, 0.4) is 0 Å². The molecule has 0 amide bonds. The van der Waals surface area contributed by atoms with Crippen LogP contribution in [0.2, 0.25) is 4.34 Å². The van der Waals surface area contributed by atoms with Gasteiger partial charge in [-0.1, -0.05) is 11.6 Å². The average Bonchev–Trinajstić information content (AvgIpc) is 2.84. The van der Waals surface area contributed by atoms with Gasteiger partial charge in [0.25, 0.3) is 0 Å². The molecule has 0 saturated heterocycles. The van der Waals surface area contributed by atoms with Crippen LogP contribution in [0.4, 0.5) is 0 Å². The first kappa shape index (κ1) is 10.5. The lowest BCUT2D eigenvalue weighted by Gasteiger charge is -1.95. The lowest BCUT2D eigenvalue weighted by Crippen LogP contribution is -1.97. The highest BCUT2D eigenvalue weighted by atomic mass is 35.5. The number of hydrogen-bond acceptors (Lipinski definition) is 3. The second kappa shape index (κ2) is 4.64. The minimum Gasteiger partial charge on any atom is -0.469 e. The van der Waals surface area contributed by atoms with Crippen molar-refractivity contribution < 1.29 is 9.21 Å². The van der Waals surface area contributed by atoms with Crippen LogP contribution in [0.15, 0.2) is 34.9 Å². The Bertz CT molecular complexity index is 445. The molecule has 0 bridgehead atoms. The molecule has 2 rings (SSSR count). The number of carbonyl (C=O) groups excluding carboxylic acids is 1. The third-order valence-corrected chi connectivity index (χ3v) is 3.30. The van der Waals surface area contributed by atoms with E-state index in [1.807, 2.05) is 12.1 Å². The Morgan fingerprint density at radius 3 is 2.87 bits per heavy atom. The van der Waals surface area contributed by atoms with Gasteiger partial charge in [0, 0.05) is 12.8 Å². The summed E-state index contributed by atoms with van der Waals surface area (Å²) in [6.07, 6.45) is 2.72. The zero-order valence-corrected chi connectivity index (χ0v) is 9.48. The van der Waals surface area contributed by atoms with Crippen LogP contribution in [0.25, 0.3) is 0 Å². The van der Waals surface area contributed by atoms with E-state index >= 15 is 0 Å². The molecule has 0 aliphatic heterocycles. The summed E-state index contributed by atoms with van der Waals surface area (Å²) in [4.78, 5) is 12.4. The second-order valence-electron chi connectivity index (χ2n) is 3.11. The van der Waals surface area contributed by atoms with Crippen molar-refractivity contribution in [3.63, 3.8) is 0 Å². The summed E-state index contributed by atoms with van der Waals surface area (Å²) >= 11 is 7.07. The topological polar surface area (TPSA) is 30.2 Å². The maximum Gasteiger partial charge on any atom is 0.173 e. The summed E-state index contributed by atoms with van der Waals surface area (Å²) in [6, 6.07) is 7.19. The average molecular weight is 241 g/mol. The Labute approximate surface area is 96.5 Å². The fraction of sp³-hybridized carbons (Fsp3) is 0.182. The molecule has 15 heavy (non-hydrogen) atoms. The molecule has 0 unspecified atom stereocenters. The Morgan fingerprint density at radius 2 is 2.27 bits per heavy atom. The minimum absolute atomic E-state index is 0.114. The van der Waals surface area contributed by atoms with E-state index in [0.717, 1.165) is 5.76 Å². The molecule has 78 valence electrons. The lowest BCUT2D eigenvalue weighted by atomic mass is 10.1. The summed E-state index contributed by atoms with van der Waals surface area (Å²) in [6.45, 7) is 0. The number of ketones is 1. The van der Waals surface area contributed by atoms with Crippen molar-refractivity contribution in [2.45, 2.75) is 12.8 Å². The molecule has 2 heterocycles. The zero-order chi connectivity index (χ0) is 10.7. The molecule has 0 fully saturated rings. The lowest BCUT2D eigenvalue weighted by molar-refractivity contribution is 0.0985. The molecular formula is C11H9ClO2S. The van der Waals surface area contributed by atoms with Crippen molar-refractivity contribution in [1.29, 1.82) is 0 Å². The summed E-state index contributed by atoms with van der Waals surface area (Å²) in [7, 11) is 0. The van der Waals surface area contributed by atoms with Crippen LogP contribution in [0.5, 0.6) is 0 Å². The quantitative estimate of drug-likeness (QED) is 0.761. The van der Waals surface area contributed by atoms with E-state index in [0.29, 0.717) is 22.1 Å². The van der Waals surface area contributed by atoms with Crippen LogP contribution in [-0.2, 0) is 6.42 Å². The van der Waals surface area contributed by atoms with E-state index in [-0.39, 0.29) is 5.78 Å². The molecule has 2 aromatic heterocycles. The Morgan fingerprint density at radius 1 is 1.40 bits per heavy atom. The predicted octanol–water partition coefficient (Wildman–Crippen LogP) is 3.81. The summed E-state index contributed by atoms with van der Waals surface area (Å²) in [5.41, 5.74) is 0. The van der Waals surface area contributed by atoms with Gasteiger partial charge in [-0.15, -0.1) is 11.3 Å². The fourth-order valence-electron chi connectivity index (χ4n) is 1.28. The van der Waals surface area contributed by atoms with Gasteiger partial charge in [0.2, 0.25) is 0 Å².